The van der Waals surface area contributed by atoms with E-state index >= 15 is 0 Å². The first-order chi connectivity index (χ1) is 17.0. The summed E-state index contributed by atoms with van der Waals surface area (Å²) in [5, 5.41) is 2.43. The Morgan fingerprint density at radius 3 is 2.11 bits per heavy atom. The number of sulfonamides is 1. The Bertz CT molecular complexity index is 1470. The average Bonchev–Trinajstić information content (AvgIpc) is 2.84. The first kappa shape index (κ1) is 26.7. The van der Waals surface area contributed by atoms with Gasteiger partial charge < -0.3 is 14.8 Å². The van der Waals surface area contributed by atoms with Crippen molar-refractivity contribution in [3.63, 3.8) is 0 Å². The number of hydrogen-bond acceptors (Lipinski definition) is 7. The zero-order valence-corrected chi connectivity index (χ0v) is 21.4. The normalized spacial score (nSPS) is 10.9. The lowest BCUT2D eigenvalue weighted by Gasteiger charge is -2.14. The highest BCUT2D eigenvalue weighted by Gasteiger charge is 2.23. The molecule has 0 saturated heterocycles. The number of methoxy groups -OCH3 is 2. The van der Waals surface area contributed by atoms with Crippen LogP contribution in [0.15, 0.2) is 59.5 Å². The molecule has 1 amide bonds. The van der Waals surface area contributed by atoms with Crippen LogP contribution in [-0.4, -0.2) is 40.5 Å². The molecule has 188 valence electrons. The van der Waals surface area contributed by atoms with E-state index in [-0.39, 0.29) is 32.3 Å². The van der Waals surface area contributed by atoms with Gasteiger partial charge in [-0.25, -0.2) is 18.0 Å². The fraction of sp³-hybridized carbons (Fsp3) is 0.160. The molecule has 36 heavy (non-hydrogen) atoms. The lowest BCUT2D eigenvalue weighted by Crippen LogP contribution is -2.18. The maximum absolute atomic E-state index is 13.1. The summed E-state index contributed by atoms with van der Waals surface area (Å²) in [5.41, 5.74) is 2.03. The lowest BCUT2D eigenvalue weighted by atomic mass is 10.1. The topological polar surface area (TPSA) is 128 Å². The minimum atomic E-state index is -4.15. The summed E-state index contributed by atoms with van der Waals surface area (Å²) in [7, 11) is -1.79. The average molecular weight is 531 g/mol. The van der Waals surface area contributed by atoms with Gasteiger partial charge in [0, 0.05) is 5.56 Å². The van der Waals surface area contributed by atoms with Gasteiger partial charge in [0.05, 0.1) is 41.7 Å². The predicted octanol–water partition coefficient (Wildman–Crippen LogP) is 4.58. The summed E-state index contributed by atoms with van der Waals surface area (Å²) in [5.74, 6) is -2.18. The number of carbonyl (C=O) groups is 3. The molecule has 0 atom stereocenters. The molecule has 0 heterocycles. The van der Waals surface area contributed by atoms with Crippen molar-refractivity contribution < 1.29 is 32.3 Å². The van der Waals surface area contributed by atoms with E-state index in [0.29, 0.717) is 11.3 Å². The van der Waals surface area contributed by atoms with Crippen LogP contribution in [0.3, 0.4) is 0 Å². The molecule has 0 aliphatic heterocycles. The number of rotatable bonds is 7. The van der Waals surface area contributed by atoms with Gasteiger partial charge in [0.25, 0.3) is 15.9 Å². The predicted molar refractivity (Wildman–Crippen MR) is 135 cm³/mol. The molecule has 0 unspecified atom stereocenters. The highest BCUT2D eigenvalue weighted by atomic mass is 35.5. The highest BCUT2D eigenvalue weighted by molar-refractivity contribution is 7.92. The summed E-state index contributed by atoms with van der Waals surface area (Å²) < 4.78 is 38.1. The van der Waals surface area contributed by atoms with Crippen molar-refractivity contribution in [2.75, 3.05) is 24.3 Å². The molecule has 0 aliphatic carbocycles. The van der Waals surface area contributed by atoms with Crippen molar-refractivity contribution >= 4 is 50.8 Å². The Morgan fingerprint density at radius 1 is 0.806 bits per heavy atom. The summed E-state index contributed by atoms with van der Waals surface area (Å²) in [6, 6.07) is 12.8. The van der Waals surface area contributed by atoms with Crippen LogP contribution in [0.1, 0.15) is 42.2 Å². The molecule has 0 spiro atoms. The zero-order valence-electron chi connectivity index (χ0n) is 19.8. The molecule has 0 bridgehead atoms. The molecule has 0 aromatic heterocycles. The van der Waals surface area contributed by atoms with Gasteiger partial charge in [-0.15, -0.1) is 0 Å². The van der Waals surface area contributed by atoms with Crippen molar-refractivity contribution in [2.45, 2.75) is 18.7 Å². The van der Waals surface area contributed by atoms with Crippen LogP contribution in [0.2, 0.25) is 5.02 Å². The van der Waals surface area contributed by atoms with Crippen LogP contribution in [0, 0.1) is 13.8 Å². The van der Waals surface area contributed by atoms with Crippen LogP contribution in [0.5, 0.6) is 0 Å². The SMILES string of the molecule is COC(=O)c1ccc(C(=O)OC)c(NC(=O)c2ccc(Cl)c(S(=O)(=O)Nc3ccc(C)cc3C)c2)c1. The van der Waals surface area contributed by atoms with E-state index in [1.807, 2.05) is 13.0 Å². The second-order valence-electron chi connectivity index (χ2n) is 7.77. The number of hydrogen-bond donors (Lipinski definition) is 2. The molecule has 0 radical (unpaired) electrons. The number of anilines is 2. The summed E-state index contributed by atoms with van der Waals surface area (Å²) >= 11 is 6.17. The van der Waals surface area contributed by atoms with Gasteiger partial charge in [-0.05, 0) is 61.9 Å². The third-order valence-corrected chi connectivity index (χ3v) is 7.05. The van der Waals surface area contributed by atoms with E-state index in [4.69, 9.17) is 16.3 Å². The van der Waals surface area contributed by atoms with E-state index < -0.39 is 27.9 Å². The Hall–Kier alpha value is -3.89. The highest BCUT2D eigenvalue weighted by Crippen LogP contribution is 2.28. The van der Waals surface area contributed by atoms with E-state index in [9.17, 15) is 22.8 Å². The molecule has 3 aromatic carbocycles. The van der Waals surface area contributed by atoms with E-state index in [2.05, 4.69) is 14.8 Å². The van der Waals surface area contributed by atoms with E-state index in [1.54, 1.807) is 19.1 Å². The van der Waals surface area contributed by atoms with Crippen molar-refractivity contribution in [3.8, 4) is 0 Å². The second kappa shape index (κ2) is 10.8. The number of esters is 2. The molecule has 0 aliphatic rings. The fourth-order valence-electron chi connectivity index (χ4n) is 3.35. The first-order valence-electron chi connectivity index (χ1n) is 10.5. The molecule has 3 rings (SSSR count). The van der Waals surface area contributed by atoms with E-state index in [0.717, 1.165) is 11.6 Å². The van der Waals surface area contributed by atoms with Crippen molar-refractivity contribution in [1.82, 2.24) is 0 Å². The molecular formula is C25H23ClN2O7S. The molecule has 0 fully saturated rings. The largest absolute Gasteiger partial charge is 0.465 e. The number of benzene rings is 3. The molecular weight excluding hydrogens is 508 g/mol. The van der Waals surface area contributed by atoms with Crippen molar-refractivity contribution in [2.24, 2.45) is 0 Å². The van der Waals surface area contributed by atoms with Gasteiger partial charge in [-0.1, -0.05) is 29.3 Å². The smallest absolute Gasteiger partial charge is 0.339 e. The maximum Gasteiger partial charge on any atom is 0.339 e. The van der Waals surface area contributed by atoms with E-state index in [1.165, 1.54) is 44.6 Å². The molecule has 11 heteroatoms. The van der Waals surface area contributed by atoms with Gasteiger partial charge >= 0.3 is 11.9 Å². The first-order valence-corrected chi connectivity index (χ1v) is 12.3. The Labute approximate surface area is 213 Å². The summed E-state index contributed by atoms with van der Waals surface area (Å²) in [4.78, 5) is 36.8. The lowest BCUT2D eigenvalue weighted by molar-refractivity contribution is 0.0587. The Kier molecular flexibility index (Phi) is 8.01. The molecule has 2 N–H and O–H groups in total. The molecule has 0 saturated carbocycles. The maximum atomic E-state index is 13.1. The van der Waals surface area contributed by atoms with Gasteiger partial charge in [0.2, 0.25) is 0 Å². The monoisotopic (exact) mass is 530 g/mol. The standard InChI is InChI=1S/C25H23ClN2O7S/c1-14-5-10-20(15(2)11-14)28-36(32,33)22-13-16(7-9-19(22)26)23(29)27-21-12-17(24(30)34-3)6-8-18(21)25(31)35-4/h5-13,28H,1-4H3,(H,27,29). The number of amides is 1. The zero-order chi connectivity index (χ0) is 26.6. The number of aryl methyl sites for hydroxylation is 2. The van der Waals surface area contributed by atoms with Gasteiger partial charge in [-0.3, -0.25) is 9.52 Å². The summed E-state index contributed by atoms with van der Waals surface area (Å²) in [6.45, 7) is 3.65. The number of ether oxygens (including phenoxy) is 2. The second-order valence-corrected chi connectivity index (χ2v) is 9.82. The van der Waals surface area contributed by atoms with Gasteiger partial charge in [-0.2, -0.15) is 0 Å². The van der Waals surface area contributed by atoms with Gasteiger partial charge in [0.1, 0.15) is 4.90 Å². The third kappa shape index (κ3) is 5.84. The third-order valence-electron chi connectivity index (χ3n) is 5.20. The van der Waals surface area contributed by atoms with Gasteiger partial charge in [0.15, 0.2) is 0 Å². The minimum absolute atomic E-state index is 0.0168. The number of halogens is 1. The van der Waals surface area contributed by atoms with Crippen LogP contribution >= 0.6 is 11.6 Å². The van der Waals surface area contributed by atoms with Crippen molar-refractivity contribution in [3.05, 3.63) is 87.4 Å². The van der Waals surface area contributed by atoms with Crippen LogP contribution in [0.25, 0.3) is 0 Å². The molecule has 3 aromatic rings. The number of nitrogens with one attached hydrogen (secondary N) is 2. The van der Waals surface area contributed by atoms with Crippen molar-refractivity contribution in [1.29, 1.82) is 0 Å². The van der Waals surface area contributed by atoms with Crippen LogP contribution in [-0.2, 0) is 19.5 Å². The Balaban J connectivity index is 1.97. The van der Waals surface area contributed by atoms with Crippen LogP contribution < -0.4 is 10.0 Å². The quantitative estimate of drug-likeness (QED) is 0.428. The fourth-order valence-corrected chi connectivity index (χ4v) is 5.01. The minimum Gasteiger partial charge on any atom is -0.465 e. The number of carbonyl (C=O) groups excluding carboxylic acids is 3. The molecule has 9 nitrogen and oxygen atoms in total. The van der Waals surface area contributed by atoms with Crippen LogP contribution in [0.4, 0.5) is 11.4 Å². The Morgan fingerprint density at radius 2 is 1.47 bits per heavy atom. The summed E-state index contributed by atoms with van der Waals surface area (Å²) in [6.07, 6.45) is 0.